The van der Waals surface area contributed by atoms with Crippen molar-refractivity contribution in [3.63, 3.8) is 0 Å². The summed E-state index contributed by atoms with van der Waals surface area (Å²) in [4.78, 5) is 12.3. The van der Waals surface area contributed by atoms with Gasteiger partial charge in [0.25, 0.3) is 0 Å². The van der Waals surface area contributed by atoms with E-state index in [0.717, 1.165) is 28.4 Å². The number of benzene rings is 1. The zero-order chi connectivity index (χ0) is 16.5. The van der Waals surface area contributed by atoms with E-state index in [-0.39, 0.29) is 6.17 Å². The summed E-state index contributed by atoms with van der Waals surface area (Å²) in [5.41, 5.74) is 3.28. The quantitative estimate of drug-likeness (QED) is 0.848. The van der Waals surface area contributed by atoms with E-state index in [9.17, 15) is 0 Å². The van der Waals surface area contributed by atoms with Crippen LogP contribution in [0, 0.1) is 6.92 Å². The van der Waals surface area contributed by atoms with Gasteiger partial charge in [-0.15, -0.1) is 5.06 Å². The van der Waals surface area contributed by atoms with Gasteiger partial charge in [0, 0.05) is 18.0 Å². The minimum absolute atomic E-state index is 0.128. The summed E-state index contributed by atoms with van der Waals surface area (Å²) in [6.07, 6.45) is 7.96. The highest BCUT2D eigenvalue weighted by molar-refractivity contribution is 6.00. The third-order valence-electron chi connectivity index (χ3n) is 4.01. The van der Waals surface area contributed by atoms with Crippen molar-refractivity contribution in [3.8, 4) is 0 Å². The minimum Gasteiger partial charge on any atom is -0.302 e. The lowest BCUT2D eigenvalue weighted by atomic mass is 10.1. The van der Waals surface area contributed by atoms with E-state index in [1.54, 1.807) is 5.06 Å². The van der Waals surface area contributed by atoms with Crippen LogP contribution in [0.3, 0.4) is 0 Å². The molecule has 0 bridgehead atoms. The number of fused-ring (bicyclic) bond motifs is 1. The maximum Gasteiger partial charge on any atom is 0.184 e. The van der Waals surface area contributed by atoms with E-state index in [1.807, 2.05) is 55.6 Å². The lowest BCUT2D eigenvalue weighted by molar-refractivity contribution is 0.0557. The van der Waals surface area contributed by atoms with Crippen LogP contribution in [-0.4, -0.2) is 21.9 Å². The van der Waals surface area contributed by atoms with Gasteiger partial charge < -0.3 is 4.90 Å². The number of oxime groups is 1. The number of anilines is 1. The average Bonchev–Trinajstić information content (AvgIpc) is 2.62. The maximum atomic E-state index is 5.71. The summed E-state index contributed by atoms with van der Waals surface area (Å²) in [5.74, 6) is 1.51. The predicted molar refractivity (Wildman–Crippen MR) is 94.0 cm³/mol. The second kappa shape index (κ2) is 5.85. The smallest absolute Gasteiger partial charge is 0.184 e. The Kier molecular flexibility index (Phi) is 3.54. The molecule has 4 rings (SSSR count). The fourth-order valence-electron chi connectivity index (χ4n) is 2.78. The first-order chi connectivity index (χ1) is 11.7. The van der Waals surface area contributed by atoms with Gasteiger partial charge in [0.15, 0.2) is 17.8 Å². The summed E-state index contributed by atoms with van der Waals surface area (Å²) in [6.45, 7) is 4.08. The van der Waals surface area contributed by atoms with Crippen LogP contribution in [0.2, 0.25) is 0 Å². The van der Waals surface area contributed by atoms with Crippen molar-refractivity contribution in [2.24, 2.45) is 5.16 Å². The van der Waals surface area contributed by atoms with Crippen molar-refractivity contribution in [2.45, 2.75) is 20.0 Å². The second-order valence-electron chi connectivity index (χ2n) is 5.94. The number of hydrogen-bond donors (Lipinski definition) is 0. The summed E-state index contributed by atoms with van der Waals surface area (Å²) >= 11 is 0. The Bertz CT molecular complexity index is 824. The zero-order valence-electron chi connectivity index (χ0n) is 13.6. The van der Waals surface area contributed by atoms with Gasteiger partial charge in [0.05, 0.1) is 0 Å². The fraction of sp³-hybridized carbons (Fsp3) is 0.158. The highest BCUT2D eigenvalue weighted by atomic mass is 16.8. The molecule has 1 aromatic heterocycles. The third-order valence-corrected chi connectivity index (χ3v) is 4.01. The summed E-state index contributed by atoms with van der Waals surface area (Å²) in [7, 11) is 0. The van der Waals surface area contributed by atoms with Gasteiger partial charge in [-0.25, -0.2) is 4.98 Å². The van der Waals surface area contributed by atoms with E-state index < -0.39 is 0 Å². The monoisotopic (exact) mass is 318 g/mol. The molecule has 0 saturated heterocycles. The first-order valence-electron chi connectivity index (χ1n) is 7.90. The van der Waals surface area contributed by atoms with Gasteiger partial charge in [-0.05, 0) is 42.3 Å². The number of allylic oxidation sites excluding steroid dienone is 2. The Hall–Kier alpha value is -3.08. The Balaban J connectivity index is 1.75. The molecule has 5 heteroatoms. The van der Waals surface area contributed by atoms with Crippen LogP contribution in [0.25, 0.3) is 0 Å². The summed E-state index contributed by atoms with van der Waals surface area (Å²) in [5, 5.41) is 6.06. The molecule has 2 aliphatic heterocycles. The second-order valence-corrected chi connectivity index (χ2v) is 5.94. The first kappa shape index (κ1) is 14.5. The number of hydroxylamine groups is 1. The molecule has 3 heterocycles. The van der Waals surface area contributed by atoms with Gasteiger partial charge in [-0.2, -0.15) is 0 Å². The van der Waals surface area contributed by atoms with Crippen LogP contribution in [0.1, 0.15) is 18.1 Å². The SMILES string of the molecule is CC1=CN2C(c3ccccc3)=NON(c3ccc(C)cn3)C2C=C1. The molecular formula is C19H18N4O. The van der Waals surface area contributed by atoms with Gasteiger partial charge in [0.1, 0.15) is 0 Å². The van der Waals surface area contributed by atoms with Gasteiger partial charge in [0.2, 0.25) is 0 Å². The molecule has 0 saturated carbocycles. The van der Waals surface area contributed by atoms with Crippen molar-refractivity contribution in [1.29, 1.82) is 0 Å². The van der Waals surface area contributed by atoms with Crippen LogP contribution in [-0.2, 0) is 4.94 Å². The Morgan fingerprint density at radius 1 is 1.04 bits per heavy atom. The molecule has 0 N–H and O–H groups in total. The van der Waals surface area contributed by atoms with Crippen LogP contribution < -0.4 is 5.06 Å². The van der Waals surface area contributed by atoms with E-state index in [0.29, 0.717) is 0 Å². The van der Waals surface area contributed by atoms with Gasteiger partial charge >= 0.3 is 0 Å². The topological polar surface area (TPSA) is 41.0 Å². The van der Waals surface area contributed by atoms with E-state index in [1.165, 1.54) is 0 Å². The molecule has 0 aliphatic carbocycles. The maximum absolute atomic E-state index is 5.71. The number of pyridine rings is 1. The molecule has 2 aromatic rings. The number of aromatic nitrogens is 1. The molecule has 24 heavy (non-hydrogen) atoms. The highest BCUT2D eigenvalue weighted by Crippen LogP contribution is 2.28. The molecular weight excluding hydrogens is 300 g/mol. The Morgan fingerprint density at radius 3 is 2.62 bits per heavy atom. The van der Waals surface area contributed by atoms with E-state index >= 15 is 0 Å². The number of rotatable bonds is 2. The molecule has 0 spiro atoms. The zero-order valence-corrected chi connectivity index (χ0v) is 13.6. The van der Waals surface area contributed by atoms with Crippen LogP contribution in [0.5, 0.6) is 0 Å². The van der Waals surface area contributed by atoms with Crippen molar-refractivity contribution in [3.05, 3.63) is 83.7 Å². The number of nitrogens with zero attached hydrogens (tertiary/aromatic N) is 4. The molecule has 1 atom stereocenters. The molecule has 2 aliphatic rings. The molecule has 1 aromatic carbocycles. The van der Waals surface area contributed by atoms with Crippen molar-refractivity contribution >= 4 is 11.7 Å². The molecule has 0 radical (unpaired) electrons. The van der Waals surface area contributed by atoms with Gasteiger partial charge in [-0.3, -0.25) is 4.94 Å². The number of aryl methyl sites for hydroxylation is 1. The number of hydrogen-bond acceptors (Lipinski definition) is 5. The Labute approximate surface area is 141 Å². The molecule has 0 amide bonds. The average molecular weight is 318 g/mol. The van der Waals surface area contributed by atoms with Crippen molar-refractivity contribution in [1.82, 2.24) is 9.88 Å². The van der Waals surface area contributed by atoms with E-state index in [2.05, 4.69) is 40.3 Å². The predicted octanol–water partition coefficient (Wildman–Crippen LogP) is 3.61. The van der Waals surface area contributed by atoms with Crippen LogP contribution in [0.4, 0.5) is 5.82 Å². The van der Waals surface area contributed by atoms with Gasteiger partial charge in [-0.1, -0.05) is 42.5 Å². The van der Waals surface area contributed by atoms with Crippen molar-refractivity contribution in [2.75, 3.05) is 5.06 Å². The first-order valence-corrected chi connectivity index (χ1v) is 7.90. The normalized spacial score (nSPS) is 19.3. The lowest BCUT2D eigenvalue weighted by Gasteiger charge is -2.40. The number of amidine groups is 1. The lowest BCUT2D eigenvalue weighted by Crippen LogP contribution is -2.52. The highest BCUT2D eigenvalue weighted by Gasteiger charge is 2.34. The fourth-order valence-corrected chi connectivity index (χ4v) is 2.78. The largest absolute Gasteiger partial charge is 0.302 e. The third kappa shape index (κ3) is 2.54. The Morgan fingerprint density at radius 2 is 1.88 bits per heavy atom. The summed E-state index contributed by atoms with van der Waals surface area (Å²) in [6, 6.07) is 14.0. The minimum atomic E-state index is -0.128. The van der Waals surface area contributed by atoms with Crippen LogP contribution in [0.15, 0.2) is 77.7 Å². The van der Waals surface area contributed by atoms with Crippen LogP contribution >= 0.6 is 0 Å². The standard InChI is InChI=1S/C19H18N4O/c1-14-8-10-17(20-12-14)23-18-11-9-15(2)13-22(18)19(21-24-23)16-6-4-3-5-7-16/h3-13,18H,1-2H3. The molecule has 5 nitrogen and oxygen atoms in total. The molecule has 1 unspecified atom stereocenters. The molecule has 120 valence electrons. The van der Waals surface area contributed by atoms with Crippen molar-refractivity contribution < 1.29 is 4.94 Å². The summed E-state index contributed by atoms with van der Waals surface area (Å²) < 4.78 is 0. The van der Waals surface area contributed by atoms with E-state index in [4.69, 9.17) is 4.94 Å². The molecule has 0 fully saturated rings.